The van der Waals surface area contributed by atoms with Crippen LogP contribution < -0.4 is 10.6 Å². The van der Waals surface area contributed by atoms with Crippen LogP contribution in [0.1, 0.15) is 11.3 Å². The van der Waals surface area contributed by atoms with Crippen molar-refractivity contribution in [1.29, 1.82) is 5.26 Å². The van der Waals surface area contributed by atoms with Gasteiger partial charge in [-0.1, -0.05) is 0 Å². The minimum atomic E-state index is -0.770. The second kappa shape index (κ2) is 10.2. The van der Waals surface area contributed by atoms with E-state index >= 15 is 8.78 Å². The van der Waals surface area contributed by atoms with Gasteiger partial charge in [-0.3, -0.25) is 9.97 Å². The summed E-state index contributed by atoms with van der Waals surface area (Å²) < 4.78 is 30.1. The molecule has 0 aliphatic heterocycles. The number of hydrogen-bond donors (Lipinski definition) is 2. The molecule has 0 spiro atoms. The monoisotopic (exact) mass is 491 g/mol. The van der Waals surface area contributed by atoms with Gasteiger partial charge in [-0.25, -0.2) is 13.8 Å². The first kappa shape index (κ1) is 23.5. The first-order chi connectivity index (χ1) is 18.0. The Balaban J connectivity index is 1.38. The fourth-order valence-electron chi connectivity index (χ4n) is 3.71. The van der Waals surface area contributed by atoms with Crippen LogP contribution in [0, 0.1) is 29.9 Å². The van der Waals surface area contributed by atoms with Crippen molar-refractivity contribution in [2.24, 2.45) is 0 Å². The van der Waals surface area contributed by atoms with E-state index in [0.29, 0.717) is 28.1 Å². The lowest BCUT2D eigenvalue weighted by Gasteiger charge is -2.12. The number of hydrogen-bond acceptors (Lipinski definition) is 7. The van der Waals surface area contributed by atoms with Crippen LogP contribution in [0.15, 0.2) is 85.3 Å². The smallest absolute Gasteiger partial charge is 0.229 e. The maximum absolute atomic E-state index is 15.1. The van der Waals surface area contributed by atoms with E-state index in [0.717, 1.165) is 11.3 Å². The van der Waals surface area contributed by atoms with Crippen LogP contribution in [0.4, 0.5) is 31.9 Å². The van der Waals surface area contributed by atoms with E-state index < -0.39 is 11.6 Å². The van der Waals surface area contributed by atoms with Gasteiger partial charge < -0.3 is 10.6 Å². The Labute approximate surface area is 211 Å². The van der Waals surface area contributed by atoms with Crippen LogP contribution in [-0.2, 0) is 0 Å². The zero-order valence-electron chi connectivity index (χ0n) is 19.6. The van der Waals surface area contributed by atoms with Crippen molar-refractivity contribution in [2.75, 3.05) is 10.6 Å². The molecular weight excluding hydrogens is 472 g/mol. The van der Waals surface area contributed by atoms with Gasteiger partial charge >= 0.3 is 0 Å². The van der Waals surface area contributed by atoms with Crippen LogP contribution in [0.2, 0.25) is 0 Å². The van der Waals surface area contributed by atoms with Crippen LogP contribution in [0.3, 0.4) is 0 Å². The number of nitrogens with zero attached hydrogens (tertiary/aromatic N) is 5. The Morgan fingerprint density at radius 1 is 0.730 bits per heavy atom. The second-order valence-electron chi connectivity index (χ2n) is 8.14. The summed E-state index contributed by atoms with van der Waals surface area (Å²) in [6.07, 6.45) is 4.76. The molecule has 0 saturated heterocycles. The predicted molar refractivity (Wildman–Crippen MR) is 137 cm³/mol. The van der Waals surface area contributed by atoms with Crippen LogP contribution in [0.5, 0.6) is 0 Å². The molecule has 0 amide bonds. The summed E-state index contributed by atoms with van der Waals surface area (Å²) in [4.78, 5) is 17.0. The van der Waals surface area contributed by atoms with Crippen molar-refractivity contribution in [3.63, 3.8) is 0 Å². The number of aryl methyl sites for hydroxylation is 1. The van der Waals surface area contributed by atoms with Crippen molar-refractivity contribution >= 4 is 23.1 Å². The molecule has 0 radical (unpaired) electrons. The van der Waals surface area contributed by atoms with Gasteiger partial charge in [-0.2, -0.15) is 10.2 Å². The molecule has 0 atom stereocenters. The van der Waals surface area contributed by atoms with Crippen molar-refractivity contribution in [3.05, 3.63) is 108 Å². The highest BCUT2D eigenvalue weighted by molar-refractivity contribution is 5.73. The number of benzene rings is 2. The summed E-state index contributed by atoms with van der Waals surface area (Å²) >= 11 is 0. The average molecular weight is 492 g/mol. The third-order valence-corrected chi connectivity index (χ3v) is 5.51. The van der Waals surface area contributed by atoms with E-state index in [2.05, 4.69) is 30.6 Å². The largest absolute Gasteiger partial charge is 0.335 e. The summed E-state index contributed by atoms with van der Waals surface area (Å²) in [6, 6.07) is 20.0. The highest BCUT2D eigenvalue weighted by atomic mass is 19.1. The normalized spacial score (nSPS) is 10.5. The quantitative estimate of drug-likeness (QED) is 0.278. The summed E-state index contributed by atoms with van der Waals surface area (Å²) in [5.74, 6) is -1.11. The predicted octanol–water partition coefficient (Wildman–Crippen LogP) is 6.55. The Hall–Kier alpha value is -5.23. The van der Waals surface area contributed by atoms with Gasteiger partial charge in [0.05, 0.1) is 17.3 Å². The Bertz CT molecular complexity index is 1610. The molecule has 9 heteroatoms. The van der Waals surface area contributed by atoms with E-state index in [9.17, 15) is 0 Å². The minimum absolute atomic E-state index is 0.205. The number of nitrogens with one attached hydrogen (secondary N) is 2. The van der Waals surface area contributed by atoms with Crippen LogP contribution in [0.25, 0.3) is 22.4 Å². The summed E-state index contributed by atoms with van der Waals surface area (Å²) in [6.45, 7) is 1.88. The van der Waals surface area contributed by atoms with E-state index in [-0.39, 0.29) is 17.5 Å². The third kappa shape index (κ3) is 5.39. The maximum Gasteiger partial charge on any atom is 0.229 e. The molecule has 5 rings (SSSR count). The minimum Gasteiger partial charge on any atom is -0.335 e. The number of rotatable bonds is 6. The fourth-order valence-corrected chi connectivity index (χ4v) is 3.71. The first-order valence-corrected chi connectivity index (χ1v) is 11.2. The maximum atomic E-state index is 15.1. The van der Waals surface area contributed by atoms with Gasteiger partial charge in [-0.05, 0) is 84.8 Å². The lowest BCUT2D eigenvalue weighted by molar-refractivity contribution is 0.591. The van der Waals surface area contributed by atoms with Crippen molar-refractivity contribution < 1.29 is 8.78 Å². The number of nitriles is 1. The van der Waals surface area contributed by atoms with Crippen molar-refractivity contribution in [1.82, 2.24) is 19.9 Å². The lowest BCUT2D eigenvalue weighted by atomic mass is 10.0. The lowest BCUT2D eigenvalue weighted by Crippen LogP contribution is -2.03. The van der Waals surface area contributed by atoms with Gasteiger partial charge in [0.25, 0.3) is 0 Å². The van der Waals surface area contributed by atoms with E-state index in [4.69, 9.17) is 5.26 Å². The Kier molecular flexibility index (Phi) is 6.46. The van der Waals surface area contributed by atoms with Gasteiger partial charge in [-0.15, -0.1) is 0 Å². The Morgan fingerprint density at radius 3 is 2.16 bits per heavy atom. The topological polar surface area (TPSA) is 99.4 Å². The molecule has 180 valence electrons. The van der Waals surface area contributed by atoms with Crippen molar-refractivity contribution in [2.45, 2.75) is 6.92 Å². The Morgan fingerprint density at radius 2 is 1.43 bits per heavy atom. The molecule has 7 nitrogen and oxygen atoms in total. The number of halogens is 2. The first-order valence-electron chi connectivity index (χ1n) is 11.2. The zero-order chi connectivity index (χ0) is 25.8. The van der Waals surface area contributed by atoms with Gasteiger partial charge in [0.1, 0.15) is 23.1 Å². The molecule has 37 heavy (non-hydrogen) atoms. The summed E-state index contributed by atoms with van der Waals surface area (Å²) in [7, 11) is 0. The van der Waals surface area contributed by atoms with E-state index in [1.54, 1.807) is 48.8 Å². The number of pyridine rings is 2. The van der Waals surface area contributed by atoms with E-state index in [1.807, 2.05) is 25.1 Å². The van der Waals surface area contributed by atoms with Gasteiger partial charge in [0.2, 0.25) is 5.95 Å². The molecule has 3 aromatic heterocycles. The molecule has 0 unspecified atom stereocenters. The standard InChI is InChI=1S/C28H19F2N7/c1-17-12-20(7-9-32-17)25-15-19(6-10-33-25)21-13-23(29)27(24(30)14-21)36-26-8-11-34-28(37-26)35-22-4-2-18(16-31)3-5-22/h2-15H,1H3,(H2,34,35,36,37). The average Bonchev–Trinajstić information content (AvgIpc) is 2.91. The molecule has 0 aliphatic carbocycles. The molecule has 5 aromatic rings. The number of anilines is 4. The van der Waals surface area contributed by atoms with Crippen molar-refractivity contribution in [3.8, 4) is 28.5 Å². The molecule has 3 heterocycles. The van der Waals surface area contributed by atoms with Gasteiger partial charge in [0, 0.05) is 35.5 Å². The molecule has 0 saturated carbocycles. The molecule has 0 bridgehead atoms. The van der Waals surface area contributed by atoms with Gasteiger partial charge in [0.15, 0.2) is 0 Å². The molecular formula is C28H19F2N7. The highest BCUT2D eigenvalue weighted by Crippen LogP contribution is 2.31. The van der Waals surface area contributed by atoms with Crippen LogP contribution in [-0.4, -0.2) is 19.9 Å². The molecule has 0 aliphatic rings. The second-order valence-corrected chi connectivity index (χ2v) is 8.14. The third-order valence-electron chi connectivity index (χ3n) is 5.51. The highest BCUT2D eigenvalue weighted by Gasteiger charge is 2.14. The fraction of sp³-hybridized carbons (Fsp3) is 0.0357. The molecule has 2 N–H and O–H groups in total. The SMILES string of the molecule is Cc1cc(-c2cc(-c3cc(F)c(Nc4ccnc(Nc5ccc(C#N)cc5)n4)c(F)c3)ccn2)ccn1. The zero-order valence-corrected chi connectivity index (χ0v) is 19.6. The molecule has 0 fully saturated rings. The van der Waals surface area contributed by atoms with E-state index in [1.165, 1.54) is 24.4 Å². The summed E-state index contributed by atoms with van der Waals surface area (Å²) in [5.41, 5.74) is 4.24. The molecule has 2 aromatic carbocycles. The van der Waals surface area contributed by atoms with Crippen LogP contribution >= 0.6 is 0 Å². The summed E-state index contributed by atoms with van der Waals surface area (Å²) in [5, 5.41) is 14.6. The number of aromatic nitrogens is 4.